The topological polar surface area (TPSA) is 15.3 Å². The number of nitrogens with one attached hydrogen (secondary N) is 1. The SMILES string of the molecule is CCCCCCCCCN1CC(C)(C)NCC1C(C)(C)C. The Morgan fingerprint density at radius 2 is 1.57 bits per heavy atom. The molecular formula is C19H40N2. The molecule has 2 heteroatoms. The molecule has 0 radical (unpaired) electrons. The lowest BCUT2D eigenvalue weighted by atomic mass is 9.82. The predicted octanol–water partition coefficient (Wildman–Crippen LogP) is 4.84. The Hall–Kier alpha value is -0.0800. The molecule has 0 saturated carbocycles. The second kappa shape index (κ2) is 8.53. The van der Waals surface area contributed by atoms with E-state index < -0.39 is 0 Å². The Morgan fingerprint density at radius 1 is 1.00 bits per heavy atom. The lowest BCUT2D eigenvalue weighted by Gasteiger charge is -2.49. The summed E-state index contributed by atoms with van der Waals surface area (Å²) in [5, 5.41) is 3.73. The summed E-state index contributed by atoms with van der Waals surface area (Å²) < 4.78 is 0. The van der Waals surface area contributed by atoms with E-state index in [0.29, 0.717) is 11.5 Å². The lowest BCUT2D eigenvalue weighted by molar-refractivity contribution is 0.0320. The molecule has 1 atom stereocenters. The fourth-order valence-electron chi connectivity index (χ4n) is 3.54. The average molecular weight is 297 g/mol. The largest absolute Gasteiger partial charge is 0.309 e. The predicted molar refractivity (Wildman–Crippen MR) is 94.9 cm³/mol. The van der Waals surface area contributed by atoms with Crippen LogP contribution < -0.4 is 5.32 Å². The van der Waals surface area contributed by atoms with E-state index in [4.69, 9.17) is 0 Å². The van der Waals surface area contributed by atoms with Crippen LogP contribution in [-0.2, 0) is 0 Å². The van der Waals surface area contributed by atoms with Crippen LogP contribution >= 0.6 is 0 Å². The third-order valence-electron chi connectivity index (χ3n) is 4.86. The summed E-state index contributed by atoms with van der Waals surface area (Å²) in [7, 11) is 0. The zero-order valence-electron chi connectivity index (χ0n) is 15.6. The number of hydrogen-bond acceptors (Lipinski definition) is 2. The standard InChI is InChI=1S/C19H40N2/c1-7-8-9-10-11-12-13-14-21-16-19(5,6)20-15-17(21)18(2,3)4/h17,20H,7-16H2,1-6H3. The molecule has 1 heterocycles. The van der Waals surface area contributed by atoms with Gasteiger partial charge in [-0.05, 0) is 32.2 Å². The van der Waals surface area contributed by atoms with Crippen LogP contribution in [-0.4, -0.2) is 36.1 Å². The van der Waals surface area contributed by atoms with Gasteiger partial charge < -0.3 is 5.32 Å². The van der Waals surface area contributed by atoms with E-state index in [1.54, 1.807) is 0 Å². The lowest BCUT2D eigenvalue weighted by Crippen LogP contribution is -2.64. The van der Waals surface area contributed by atoms with Crippen LogP contribution in [0.4, 0.5) is 0 Å². The summed E-state index contributed by atoms with van der Waals surface area (Å²) in [6.45, 7) is 17.7. The number of hydrogen-bond donors (Lipinski definition) is 1. The van der Waals surface area contributed by atoms with E-state index in [0.717, 1.165) is 6.54 Å². The first-order chi connectivity index (χ1) is 9.76. The molecule has 0 spiro atoms. The van der Waals surface area contributed by atoms with Crippen LogP contribution in [0, 0.1) is 5.41 Å². The van der Waals surface area contributed by atoms with Crippen molar-refractivity contribution in [3.8, 4) is 0 Å². The third-order valence-corrected chi connectivity index (χ3v) is 4.86. The van der Waals surface area contributed by atoms with Crippen molar-refractivity contribution in [2.75, 3.05) is 19.6 Å². The molecule has 1 N–H and O–H groups in total. The van der Waals surface area contributed by atoms with Gasteiger partial charge in [0.25, 0.3) is 0 Å². The average Bonchev–Trinajstić information content (AvgIpc) is 2.35. The van der Waals surface area contributed by atoms with Crippen LogP contribution in [0.15, 0.2) is 0 Å². The molecule has 1 rings (SSSR count). The molecule has 126 valence electrons. The normalized spacial score (nSPS) is 23.4. The van der Waals surface area contributed by atoms with Crippen molar-refractivity contribution >= 4 is 0 Å². The minimum atomic E-state index is 0.267. The first-order valence-electron chi connectivity index (χ1n) is 9.25. The van der Waals surface area contributed by atoms with Gasteiger partial charge in [-0.25, -0.2) is 0 Å². The van der Waals surface area contributed by atoms with Crippen LogP contribution in [0.1, 0.15) is 86.5 Å². The van der Waals surface area contributed by atoms with Gasteiger partial charge in [-0.3, -0.25) is 4.90 Å². The summed E-state index contributed by atoms with van der Waals surface area (Å²) in [6.07, 6.45) is 9.84. The Kier molecular flexibility index (Phi) is 7.70. The van der Waals surface area contributed by atoms with Gasteiger partial charge in [-0.1, -0.05) is 66.2 Å². The van der Waals surface area contributed by atoms with Crippen molar-refractivity contribution in [3.63, 3.8) is 0 Å². The Bertz CT molecular complexity index is 278. The highest BCUT2D eigenvalue weighted by Gasteiger charge is 2.37. The van der Waals surface area contributed by atoms with E-state index >= 15 is 0 Å². The van der Waals surface area contributed by atoms with Gasteiger partial charge in [-0.15, -0.1) is 0 Å². The van der Waals surface area contributed by atoms with Gasteiger partial charge in [0.05, 0.1) is 0 Å². The zero-order valence-corrected chi connectivity index (χ0v) is 15.6. The molecule has 2 nitrogen and oxygen atoms in total. The van der Waals surface area contributed by atoms with E-state index in [-0.39, 0.29) is 5.54 Å². The van der Waals surface area contributed by atoms with E-state index in [9.17, 15) is 0 Å². The molecule has 1 saturated heterocycles. The summed E-state index contributed by atoms with van der Waals surface area (Å²) in [4.78, 5) is 2.75. The molecule has 1 fully saturated rings. The highest BCUT2D eigenvalue weighted by molar-refractivity contribution is 4.96. The maximum absolute atomic E-state index is 3.73. The van der Waals surface area contributed by atoms with Crippen molar-refractivity contribution in [1.82, 2.24) is 10.2 Å². The first kappa shape index (κ1) is 19.0. The van der Waals surface area contributed by atoms with Gasteiger partial charge >= 0.3 is 0 Å². The molecule has 21 heavy (non-hydrogen) atoms. The smallest absolute Gasteiger partial charge is 0.0270 e. The van der Waals surface area contributed by atoms with Gasteiger partial charge in [-0.2, -0.15) is 0 Å². The van der Waals surface area contributed by atoms with Crippen molar-refractivity contribution < 1.29 is 0 Å². The Balaban J connectivity index is 2.34. The summed E-state index contributed by atoms with van der Waals surface area (Å²) in [6, 6.07) is 0.672. The van der Waals surface area contributed by atoms with Gasteiger partial charge in [0.1, 0.15) is 0 Å². The molecule has 0 amide bonds. The monoisotopic (exact) mass is 296 g/mol. The third kappa shape index (κ3) is 7.15. The number of rotatable bonds is 8. The maximum Gasteiger partial charge on any atom is 0.0270 e. The van der Waals surface area contributed by atoms with E-state index in [1.165, 1.54) is 58.0 Å². The molecule has 0 bridgehead atoms. The highest BCUT2D eigenvalue weighted by Crippen LogP contribution is 2.29. The van der Waals surface area contributed by atoms with Crippen molar-refractivity contribution in [1.29, 1.82) is 0 Å². The summed E-state index contributed by atoms with van der Waals surface area (Å²) in [5.74, 6) is 0. The first-order valence-corrected chi connectivity index (χ1v) is 9.25. The van der Waals surface area contributed by atoms with Crippen LogP contribution in [0.2, 0.25) is 0 Å². The molecule has 1 aliphatic heterocycles. The molecule has 1 aliphatic rings. The molecular weight excluding hydrogens is 256 g/mol. The minimum absolute atomic E-state index is 0.267. The van der Waals surface area contributed by atoms with Gasteiger partial charge in [0, 0.05) is 24.7 Å². The van der Waals surface area contributed by atoms with Gasteiger partial charge in [0.15, 0.2) is 0 Å². The van der Waals surface area contributed by atoms with Crippen molar-refractivity contribution in [3.05, 3.63) is 0 Å². The maximum atomic E-state index is 3.73. The summed E-state index contributed by atoms with van der Waals surface area (Å²) >= 11 is 0. The molecule has 0 aromatic rings. The van der Waals surface area contributed by atoms with Crippen molar-refractivity contribution in [2.45, 2.75) is 98.1 Å². The number of unbranched alkanes of at least 4 members (excludes halogenated alkanes) is 6. The van der Waals surface area contributed by atoms with Gasteiger partial charge in [0.2, 0.25) is 0 Å². The molecule has 1 unspecified atom stereocenters. The highest BCUT2D eigenvalue weighted by atomic mass is 15.3. The quantitative estimate of drug-likeness (QED) is 0.645. The number of piperazine rings is 1. The second-order valence-corrected chi connectivity index (χ2v) is 8.74. The zero-order chi connectivity index (χ0) is 15.9. The molecule has 0 aromatic heterocycles. The minimum Gasteiger partial charge on any atom is -0.309 e. The van der Waals surface area contributed by atoms with E-state index in [1.807, 2.05) is 0 Å². The Morgan fingerprint density at radius 3 is 2.14 bits per heavy atom. The van der Waals surface area contributed by atoms with Crippen molar-refractivity contribution in [2.24, 2.45) is 5.41 Å². The molecule has 0 aliphatic carbocycles. The van der Waals surface area contributed by atoms with Crippen LogP contribution in [0.25, 0.3) is 0 Å². The Labute approximate surface area is 134 Å². The van der Waals surface area contributed by atoms with Crippen LogP contribution in [0.5, 0.6) is 0 Å². The fraction of sp³-hybridized carbons (Fsp3) is 1.00. The number of nitrogens with zero attached hydrogens (tertiary/aromatic N) is 1. The molecule has 0 aromatic carbocycles. The van der Waals surface area contributed by atoms with E-state index in [2.05, 4.69) is 51.8 Å². The second-order valence-electron chi connectivity index (χ2n) is 8.74. The summed E-state index contributed by atoms with van der Waals surface area (Å²) in [5.41, 5.74) is 0.632. The van der Waals surface area contributed by atoms with Crippen LogP contribution in [0.3, 0.4) is 0 Å². The fourth-order valence-corrected chi connectivity index (χ4v) is 3.54.